The molecule has 0 radical (unpaired) electrons. The number of nitrogens with zero attached hydrogens (tertiary/aromatic N) is 2. The molecule has 1 aliphatic rings. The van der Waals surface area contributed by atoms with Gasteiger partial charge in [-0.3, -0.25) is 14.9 Å². The molecular weight excluding hydrogens is 260 g/mol. The Bertz CT molecular complexity index is 577. The van der Waals surface area contributed by atoms with Crippen LogP contribution in [0.25, 0.3) is 0 Å². The second-order valence-electron chi connectivity index (χ2n) is 4.74. The normalized spacial score (nSPS) is 17.8. The van der Waals surface area contributed by atoms with E-state index in [1.807, 2.05) is 6.07 Å². The Morgan fingerprint density at radius 1 is 1.50 bits per heavy atom. The fourth-order valence-electron chi connectivity index (χ4n) is 2.36. The van der Waals surface area contributed by atoms with E-state index in [9.17, 15) is 14.9 Å². The number of ketones is 1. The number of benzene rings is 1. The third kappa shape index (κ3) is 3.12. The average Bonchev–Trinajstić information content (AvgIpc) is 2.84. The first-order valence-corrected chi connectivity index (χ1v) is 6.46. The van der Waals surface area contributed by atoms with Crippen molar-refractivity contribution in [3.63, 3.8) is 0 Å². The number of carbonyl (C=O) groups is 1. The predicted molar refractivity (Wildman–Crippen MR) is 70.3 cm³/mol. The van der Waals surface area contributed by atoms with Gasteiger partial charge >= 0.3 is 5.69 Å². The highest BCUT2D eigenvalue weighted by Gasteiger charge is 2.24. The van der Waals surface area contributed by atoms with E-state index in [-0.39, 0.29) is 35.3 Å². The van der Waals surface area contributed by atoms with E-state index in [0.29, 0.717) is 12.8 Å². The molecule has 1 unspecified atom stereocenters. The largest absolute Gasteiger partial charge is 0.487 e. The van der Waals surface area contributed by atoms with Gasteiger partial charge in [-0.2, -0.15) is 5.26 Å². The van der Waals surface area contributed by atoms with Gasteiger partial charge in [0.2, 0.25) is 0 Å². The van der Waals surface area contributed by atoms with Gasteiger partial charge in [0.25, 0.3) is 0 Å². The summed E-state index contributed by atoms with van der Waals surface area (Å²) in [5.41, 5.74) is -0.00295. The third-order valence-corrected chi connectivity index (χ3v) is 3.44. The highest BCUT2D eigenvalue weighted by Crippen LogP contribution is 2.29. The smallest absolute Gasteiger partial charge is 0.312 e. The van der Waals surface area contributed by atoms with Crippen molar-refractivity contribution in [2.24, 2.45) is 5.92 Å². The predicted octanol–water partition coefficient (Wildman–Crippen LogP) is 2.60. The lowest BCUT2D eigenvalue weighted by atomic mass is 10.0. The highest BCUT2D eigenvalue weighted by atomic mass is 16.6. The minimum Gasteiger partial charge on any atom is -0.487 e. The molecule has 0 bridgehead atoms. The molecule has 0 aromatic heterocycles. The van der Waals surface area contributed by atoms with Crippen LogP contribution in [0.4, 0.5) is 5.69 Å². The van der Waals surface area contributed by atoms with Gasteiger partial charge < -0.3 is 4.74 Å². The van der Waals surface area contributed by atoms with Crippen molar-refractivity contribution in [3.8, 4) is 11.8 Å². The summed E-state index contributed by atoms with van der Waals surface area (Å²) in [6.07, 6.45) is 3.00. The molecule has 1 fully saturated rings. The number of nitro groups is 1. The molecule has 1 atom stereocenters. The molecule has 0 amide bonds. The van der Waals surface area contributed by atoms with Crippen LogP contribution < -0.4 is 4.74 Å². The maximum Gasteiger partial charge on any atom is 0.312 e. The highest BCUT2D eigenvalue weighted by molar-refractivity contribution is 5.82. The van der Waals surface area contributed by atoms with Crippen molar-refractivity contribution in [1.29, 1.82) is 5.26 Å². The number of nitriles is 1. The van der Waals surface area contributed by atoms with Crippen molar-refractivity contribution >= 4 is 11.5 Å². The molecule has 1 aromatic rings. The van der Waals surface area contributed by atoms with E-state index in [4.69, 9.17) is 10.00 Å². The van der Waals surface area contributed by atoms with E-state index in [1.54, 1.807) is 0 Å². The topological polar surface area (TPSA) is 93.2 Å². The molecule has 0 aliphatic heterocycles. The van der Waals surface area contributed by atoms with Gasteiger partial charge in [-0.15, -0.1) is 0 Å². The van der Waals surface area contributed by atoms with Crippen molar-refractivity contribution in [2.75, 3.05) is 6.61 Å². The number of ether oxygens (including phenoxy) is 1. The van der Waals surface area contributed by atoms with Gasteiger partial charge in [0.1, 0.15) is 5.78 Å². The molecule has 1 saturated carbocycles. The van der Waals surface area contributed by atoms with Crippen molar-refractivity contribution in [2.45, 2.75) is 25.7 Å². The second-order valence-corrected chi connectivity index (χ2v) is 4.74. The first-order valence-electron chi connectivity index (χ1n) is 6.46. The molecule has 1 aromatic carbocycles. The minimum absolute atomic E-state index is 0.0208. The molecule has 20 heavy (non-hydrogen) atoms. The summed E-state index contributed by atoms with van der Waals surface area (Å²) < 4.78 is 5.40. The van der Waals surface area contributed by atoms with Crippen molar-refractivity contribution < 1.29 is 14.5 Å². The maximum absolute atomic E-state index is 11.5. The van der Waals surface area contributed by atoms with Crippen LogP contribution >= 0.6 is 0 Å². The summed E-state index contributed by atoms with van der Waals surface area (Å²) in [7, 11) is 0. The zero-order valence-corrected chi connectivity index (χ0v) is 10.9. The molecule has 0 saturated heterocycles. The molecule has 0 heterocycles. The Balaban J connectivity index is 2.00. The van der Waals surface area contributed by atoms with Gasteiger partial charge in [-0.25, -0.2) is 0 Å². The Morgan fingerprint density at radius 3 is 2.90 bits per heavy atom. The first kappa shape index (κ1) is 14.0. The molecule has 1 aliphatic carbocycles. The van der Waals surface area contributed by atoms with E-state index in [2.05, 4.69) is 0 Å². The van der Waals surface area contributed by atoms with Gasteiger partial charge in [0, 0.05) is 18.4 Å². The molecule has 0 N–H and O–H groups in total. The van der Waals surface area contributed by atoms with Crippen LogP contribution in [0, 0.1) is 27.4 Å². The Morgan fingerprint density at radius 2 is 2.30 bits per heavy atom. The monoisotopic (exact) mass is 274 g/mol. The van der Waals surface area contributed by atoms with Gasteiger partial charge in [-0.05, 0) is 31.4 Å². The fourth-order valence-corrected chi connectivity index (χ4v) is 2.36. The minimum atomic E-state index is -0.573. The lowest BCUT2D eigenvalue weighted by Gasteiger charge is -2.10. The Kier molecular flexibility index (Phi) is 4.31. The number of hydrogen-bond donors (Lipinski definition) is 0. The molecule has 6 nitrogen and oxygen atoms in total. The number of carbonyl (C=O) groups excluding carboxylic acids is 1. The average molecular weight is 274 g/mol. The van der Waals surface area contributed by atoms with Crippen molar-refractivity contribution in [1.82, 2.24) is 0 Å². The van der Waals surface area contributed by atoms with Crippen LogP contribution in [-0.4, -0.2) is 17.3 Å². The summed E-state index contributed by atoms with van der Waals surface area (Å²) in [6, 6.07) is 5.94. The van der Waals surface area contributed by atoms with Crippen LogP contribution in [0.1, 0.15) is 31.2 Å². The fraction of sp³-hybridized carbons (Fsp3) is 0.429. The molecule has 2 rings (SSSR count). The van der Waals surface area contributed by atoms with Crippen molar-refractivity contribution in [3.05, 3.63) is 33.9 Å². The first-order chi connectivity index (χ1) is 9.61. The van der Waals surface area contributed by atoms with Crippen LogP contribution in [-0.2, 0) is 4.79 Å². The van der Waals surface area contributed by atoms with Gasteiger partial charge in [-0.1, -0.05) is 0 Å². The zero-order chi connectivity index (χ0) is 14.5. The Labute approximate surface area is 116 Å². The maximum atomic E-state index is 11.5. The third-order valence-electron chi connectivity index (χ3n) is 3.44. The summed E-state index contributed by atoms with van der Waals surface area (Å²) in [5, 5.41) is 19.7. The van der Waals surface area contributed by atoms with E-state index >= 15 is 0 Å². The SMILES string of the molecule is N#Cc1ccc(OCCC2CCCC2=O)c([N+](=O)[O-])c1. The summed E-state index contributed by atoms with van der Waals surface area (Å²) >= 11 is 0. The van der Waals surface area contributed by atoms with E-state index in [0.717, 1.165) is 12.8 Å². The van der Waals surface area contributed by atoms with E-state index < -0.39 is 4.92 Å². The molecule has 6 heteroatoms. The zero-order valence-electron chi connectivity index (χ0n) is 10.9. The summed E-state index contributed by atoms with van der Waals surface area (Å²) in [6.45, 7) is 0.267. The van der Waals surface area contributed by atoms with Crippen LogP contribution in [0.5, 0.6) is 5.75 Å². The lowest BCUT2D eigenvalue weighted by Crippen LogP contribution is -2.11. The van der Waals surface area contributed by atoms with Crippen LogP contribution in [0.2, 0.25) is 0 Å². The number of nitro benzene ring substituents is 1. The van der Waals surface area contributed by atoms with Gasteiger partial charge in [0.15, 0.2) is 5.75 Å². The molecule has 0 spiro atoms. The summed E-state index contributed by atoms with van der Waals surface area (Å²) in [5.74, 6) is 0.412. The van der Waals surface area contributed by atoms with Crippen LogP contribution in [0.3, 0.4) is 0 Å². The second kappa shape index (κ2) is 6.15. The number of Topliss-reactive ketones (excluding diaryl/α,β-unsaturated/α-hetero) is 1. The van der Waals surface area contributed by atoms with Crippen LogP contribution in [0.15, 0.2) is 18.2 Å². The molecular formula is C14H14N2O4. The van der Waals surface area contributed by atoms with Gasteiger partial charge in [0.05, 0.1) is 23.2 Å². The molecule has 104 valence electrons. The standard InChI is InChI=1S/C14H14N2O4/c15-9-10-4-5-14(12(8-10)16(18)19)20-7-6-11-2-1-3-13(11)17/h4-5,8,11H,1-3,6-7H2. The van der Waals surface area contributed by atoms with E-state index in [1.165, 1.54) is 18.2 Å². The lowest BCUT2D eigenvalue weighted by molar-refractivity contribution is -0.385. The number of rotatable bonds is 5. The summed E-state index contributed by atoms with van der Waals surface area (Å²) in [4.78, 5) is 21.8. The quantitative estimate of drug-likeness (QED) is 0.607. The number of hydrogen-bond acceptors (Lipinski definition) is 5. The Hall–Kier alpha value is -2.42.